The van der Waals surface area contributed by atoms with E-state index >= 15 is 0 Å². The Morgan fingerprint density at radius 3 is 2.44 bits per heavy atom. The molecule has 5 aromatic rings. The van der Waals surface area contributed by atoms with E-state index in [2.05, 4.69) is 34.0 Å². The molecule has 0 unspecified atom stereocenters. The van der Waals surface area contributed by atoms with E-state index in [0.717, 1.165) is 28.4 Å². The van der Waals surface area contributed by atoms with Crippen molar-refractivity contribution < 1.29 is 4.79 Å². The second-order valence-electron chi connectivity index (χ2n) is 7.62. The zero-order valence-corrected chi connectivity index (χ0v) is 17.7. The van der Waals surface area contributed by atoms with Gasteiger partial charge in [-0.15, -0.1) is 0 Å². The van der Waals surface area contributed by atoms with Crippen molar-refractivity contribution in [2.24, 2.45) is 0 Å². The maximum absolute atomic E-state index is 12.7. The Balaban J connectivity index is 1.42. The first-order valence-electron chi connectivity index (χ1n) is 10.6. The van der Waals surface area contributed by atoms with Crippen LogP contribution in [0, 0.1) is 0 Å². The number of hydrogen-bond acceptors (Lipinski definition) is 3. The first kappa shape index (κ1) is 19.8. The number of amides is 1. The van der Waals surface area contributed by atoms with Gasteiger partial charge in [0.1, 0.15) is 6.54 Å². The van der Waals surface area contributed by atoms with Crippen LogP contribution >= 0.6 is 0 Å². The molecule has 0 aliphatic carbocycles. The van der Waals surface area contributed by atoms with Crippen LogP contribution in [0.15, 0.2) is 89.7 Å². The van der Waals surface area contributed by atoms with Crippen LogP contribution in [0.2, 0.25) is 0 Å². The van der Waals surface area contributed by atoms with Gasteiger partial charge in [0, 0.05) is 45.7 Å². The number of rotatable bonds is 5. The molecule has 0 fully saturated rings. The van der Waals surface area contributed by atoms with Crippen LogP contribution < -0.4 is 10.9 Å². The Morgan fingerprint density at radius 1 is 0.875 bits per heavy atom. The van der Waals surface area contributed by atoms with Crippen molar-refractivity contribution in [1.82, 2.24) is 14.3 Å². The number of para-hydroxylation sites is 1. The maximum atomic E-state index is 12.7. The molecule has 0 spiro atoms. The average Bonchev–Trinajstić information content (AvgIpc) is 3.14. The molecule has 3 aromatic carbocycles. The van der Waals surface area contributed by atoms with Crippen LogP contribution in [0.25, 0.3) is 33.1 Å². The fourth-order valence-electron chi connectivity index (χ4n) is 4.13. The Hall–Kier alpha value is -4.19. The van der Waals surface area contributed by atoms with Gasteiger partial charge in [-0.3, -0.25) is 9.59 Å². The highest BCUT2D eigenvalue weighted by Gasteiger charge is 2.12. The lowest BCUT2D eigenvalue weighted by atomic mass is 10.1. The number of hydrogen-bond donors (Lipinski definition) is 1. The highest BCUT2D eigenvalue weighted by molar-refractivity contribution is 6.09. The van der Waals surface area contributed by atoms with Crippen molar-refractivity contribution in [3.8, 4) is 11.3 Å². The van der Waals surface area contributed by atoms with Crippen LogP contribution in [0.3, 0.4) is 0 Å². The minimum Gasteiger partial charge on any atom is -0.341 e. The molecule has 6 heteroatoms. The summed E-state index contributed by atoms with van der Waals surface area (Å²) in [6.45, 7) is 2.83. The van der Waals surface area contributed by atoms with Gasteiger partial charge >= 0.3 is 0 Å². The average molecular weight is 422 g/mol. The summed E-state index contributed by atoms with van der Waals surface area (Å²) in [5.41, 5.74) is 4.20. The maximum Gasteiger partial charge on any atom is 0.267 e. The van der Waals surface area contributed by atoms with Gasteiger partial charge < -0.3 is 9.88 Å². The Labute approximate surface area is 184 Å². The van der Waals surface area contributed by atoms with E-state index in [1.807, 2.05) is 60.7 Å². The number of nitrogens with one attached hydrogen (secondary N) is 1. The van der Waals surface area contributed by atoms with Crippen molar-refractivity contribution in [2.45, 2.75) is 20.0 Å². The number of benzene rings is 3. The van der Waals surface area contributed by atoms with E-state index in [0.29, 0.717) is 11.4 Å². The van der Waals surface area contributed by atoms with Gasteiger partial charge in [0.25, 0.3) is 5.56 Å². The van der Waals surface area contributed by atoms with Gasteiger partial charge in [0.15, 0.2) is 0 Å². The van der Waals surface area contributed by atoms with Gasteiger partial charge in [0.05, 0.1) is 5.69 Å². The van der Waals surface area contributed by atoms with Gasteiger partial charge in [0.2, 0.25) is 5.91 Å². The van der Waals surface area contributed by atoms with E-state index in [-0.39, 0.29) is 18.0 Å². The van der Waals surface area contributed by atoms with Crippen LogP contribution in [0.1, 0.15) is 6.92 Å². The molecule has 1 N–H and O–H groups in total. The molecule has 0 saturated heterocycles. The second kappa shape index (κ2) is 8.15. The molecule has 2 aromatic heterocycles. The fourth-order valence-corrected chi connectivity index (χ4v) is 4.13. The summed E-state index contributed by atoms with van der Waals surface area (Å²) in [6, 6.07) is 26.8. The van der Waals surface area contributed by atoms with E-state index in [4.69, 9.17) is 0 Å². The molecular formula is C26H22N4O2. The molecule has 0 aliphatic heterocycles. The highest BCUT2D eigenvalue weighted by atomic mass is 16.2. The number of nitrogens with zero attached hydrogens (tertiary/aromatic N) is 3. The van der Waals surface area contributed by atoms with Crippen LogP contribution in [0.4, 0.5) is 5.69 Å². The number of anilines is 1. The predicted molar refractivity (Wildman–Crippen MR) is 128 cm³/mol. The Kier molecular flexibility index (Phi) is 5.03. The van der Waals surface area contributed by atoms with Crippen LogP contribution in [-0.4, -0.2) is 20.3 Å². The van der Waals surface area contributed by atoms with E-state index < -0.39 is 0 Å². The molecule has 0 atom stereocenters. The molecule has 6 nitrogen and oxygen atoms in total. The molecule has 32 heavy (non-hydrogen) atoms. The number of aryl methyl sites for hydroxylation is 1. The zero-order chi connectivity index (χ0) is 22.1. The molecule has 0 aliphatic rings. The predicted octanol–water partition coefficient (Wildman–Crippen LogP) is 4.68. The minimum absolute atomic E-state index is 0.158. The molecule has 2 heterocycles. The first-order chi connectivity index (χ1) is 15.6. The summed E-state index contributed by atoms with van der Waals surface area (Å²) in [5, 5.41) is 9.51. The van der Waals surface area contributed by atoms with Crippen LogP contribution in [0.5, 0.6) is 0 Å². The first-order valence-corrected chi connectivity index (χ1v) is 10.6. The van der Waals surface area contributed by atoms with E-state index in [1.165, 1.54) is 16.3 Å². The van der Waals surface area contributed by atoms with Gasteiger partial charge in [-0.1, -0.05) is 48.5 Å². The summed E-state index contributed by atoms with van der Waals surface area (Å²) < 4.78 is 3.45. The smallest absolute Gasteiger partial charge is 0.267 e. The van der Waals surface area contributed by atoms with E-state index in [9.17, 15) is 9.59 Å². The lowest BCUT2D eigenvalue weighted by Gasteiger charge is -2.09. The van der Waals surface area contributed by atoms with Gasteiger partial charge in [-0.25, -0.2) is 4.68 Å². The third-order valence-electron chi connectivity index (χ3n) is 5.60. The minimum atomic E-state index is -0.318. The molecule has 0 bridgehead atoms. The summed E-state index contributed by atoms with van der Waals surface area (Å²) in [5.74, 6) is -0.302. The third kappa shape index (κ3) is 3.56. The lowest BCUT2D eigenvalue weighted by Crippen LogP contribution is -2.29. The monoisotopic (exact) mass is 422 g/mol. The van der Waals surface area contributed by atoms with Crippen molar-refractivity contribution in [1.29, 1.82) is 0 Å². The largest absolute Gasteiger partial charge is 0.341 e. The summed E-state index contributed by atoms with van der Waals surface area (Å²) in [6.07, 6.45) is 0. The second-order valence-corrected chi connectivity index (χ2v) is 7.62. The normalized spacial score (nSPS) is 11.2. The number of aromatic nitrogens is 3. The standard InChI is InChI=1S/C26H22N4O2/c1-2-29-23-11-7-6-10-20(23)21-16-19(12-14-24(21)29)27-25(31)17-30-26(32)15-13-22(28-30)18-8-4-3-5-9-18/h3-16H,2,17H2,1H3,(H,27,31). The summed E-state index contributed by atoms with van der Waals surface area (Å²) in [7, 11) is 0. The molecule has 5 rings (SSSR count). The third-order valence-corrected chi connectivity index (χ3v) is 5.60. The van der Waals surface area contributed by atoms with Crippen molar-refractivity contribution in [3.63, 3.8) is 0 Å². The molecule has 158 valence electrons. The fraction of sp³-hybridized carbons (Fsp3) is 0.115. The number of fused-ring (bicyclic) bond motifs is 3. The zero-order valence-electron chi connectivity index (χ0n) is 17.7. The Bertz CT molecular complexity index is 1500. The van der Waals surface area contributed by atoms with E-state index in [1.54, 1.807) is 6.07 Å². The number of carbonyl (C=O) groups is 1. The number of carbonyl (C=O) groups excluding carboxylic acids is 1. The SMILES string of the molecule is CCn1c2ccccc2c2cc(NC(=O)Cn3nc(-c4ccccc4)ccc3=O)ccc21. The molecule has 0 radical (unpaired) electrons. The molecule has 1 amide bonds. The quantitative estimate of drug-likeness (QED) is 0.447. The molecular weight excluding hydrogens is 400 g/mol. The van der Waals surface area contributed by atoms with Crippen molar-refractivity contribution in [3.05, 3.63) is 95.3 Å². The van der Waals surface area contributed by atoms with Gasteiger partial charge in [-0.2, -0.15) is 5.10 Å². The lowest BCUT2D eigenvalue weighted by molar-refractivity contribution is -0.117. The summed E-state index contributed by atoms with van der Waals surface area (Å²) >= 11 is 0. The van der Waals surface area contributed by atoms with Crippen molar-refractivity contribution in [2.75, 3.05) is 5.32 Å². The topological polar surface area (TPSA) is 68.9 Å². The summed E-state index contributed by atoms with van der Waals surface area (Å²) in [4.78, 5) is 25.0. The Morgan fingerprint density at radius 2 is 1.62 bits per heavy atom. The van der Waals surface area contributed by atoms with Crippen molar-refractivity contribution >= 4 is 33.4 Å². The molecule has 0 saturated carbocycles. The van der Waals surface area contributed by atoms with Gasteiger partial charge in [-0.05, 0) is 37.3 Å². The van der Waals surface area contributed by atoms with Crippen LogP contribution in [-0.2, 0) is 17.9 Å². The highest BCUT2D eigenvalue weighted by Crippen LogP contribution is 2.31.